The third-order valence-electron chi connectivity index (χ3n) is 12.7. The Morgan fingerprint density at radius 1 is 0.862 bits per heavy atom. The molecule has 2 aromatic rings. The van der Waals surface area contributed by atoms with Crippen molar-refractivity contribution >= 4 is 18.1 Å². The molecule has 1 saturated heterocycles. The molecule has 2 aromatic carbocycles. The normalized spacial score (nSPS) is 23.6. The number of hydrogen-bond donors (Lipinski definition) is 1. The molecule has 0 unspecified atom stereocenters. The molecule has 10 nitrogen and oxygen atoms in total. The zero-order chi connectivity index (χ0) is 41.3. The standard InChI is InChI=1S/C48H67NO9/c1-6-7-8-9-10-11-12-13-14-15-16-17-18-19-23-26-39(50)56-41(34-24-21-20-22-25-34)44(51)54-37-29-30-48(53)38-33-35-27-28-36(55-45(52)58-46(2,3)4)42-40(35)47(48,43(37)57-42)31-32-49(38)5/h20-22,24-25,27-29,38,41,43,53H,6-19,23,26,30-33H2,1-5H3/t38-,41+,43+,47+,48-/m1/s1. The Bertz CT molecular complexity index is 1750. The fourth-order valence-electron chi connectivity index (χ4n) is 9.75. The van der Waals surface area contributed by atoms with Crippen molar-refractivity contribution in [1.82, 2.24) is 4.90 Å². The van der Waals surface area contributed by atoms with E-state index in [0.717, 1.165) is 30.4 Å². The molecule has 10 heteroatoms. The number of benzene rings is 2. The van der Waals surface area contributed by atoms with Gasteiger partial charge in [0.15, 0.2) is 17.6 Å². The van der Waals surface area contributed by atoms with Crippen molar-refractivity contribution < 1.29 is 43.2 Å². The molecule has 2 bridgehead atoms. The van der Waals surface area contributed by atoms with Crippen LogP contribution in [0.2, 0.25) is 0 Å². The first-order valence-electron chi connectivity index (χ1n) is 22.2. The summed E-state index contributed by atoms with van der Waals surface area (Å²) >= 11 is 0. The first-order valence-corrected chi connectivity index (χ1v) is 22.2. The first-order chi connectivity index (χ1) is 27.9. The van der Waals surface area contributed by atoms with Gasteiger partial charge in [0, 0.05) is 30.0 Å². The van der Waals surface area contributed by atoms with Gasteiger partial charge in [0.25, 0.3) is 0 Å². The van der Waals surface area contributed by atoms with Crippen molar-refractivity contribution in [2.75, 3.05) is 13.6 Å². The van der Waals surface area contributed by atoms with Gasteiger partial charge in [-0.05, 0) is 71.3 Å². The minimum Gasteiger partial charge on any atom is -0.477 e. The summed E-state index contributed by atoms with van der Waals surface area (Å²) in [6.45, 7) is 8.21. The van der Waals surface area contributed by atoms with E-state index in [2.05, 4.69) is 11.8 Å². The van der Waals surface area contributed by atoms with Crippen LogP contribution < -0.4 is 9.47 Å². The summed E-state index contributed by atoms with van der Waals surface area (Å²) in [6, 6.07) is 12.3. The third kappa shape index (κ3) is 9.76. The second-order valence-corrected chi connectivity index (χ2v) is 18.0. The van der Waals surface area contributed by atoms with Crippen LogP contribution in [0.15, 0.2) is 54.3 Å². The second-order valence-electron chi connectivity index (χ2n) is 18.0. The number of likely N-dealkylation sites (N-methyl/N-ethyl adjacent to an activating group) is 1. The predicted octanol–water partition coefficient (Wildman–Crippen LogP) is 10.4. The largest absolute Gasteiger partial charge is 0.514 e. The van der Waals surface area contributed by atoms with Gasteiger partial charge in [-0.15, -0.1) is 0 Å². The zero-order valence-electron chi connectivity index (χ0n) is 35.7. The fraction of sp³-hybridized carbons (Fsp3) is 0.646. The van der Waals surface area contributed by atoms with E-state index in [0.29, 0.717) is 37.1 Å². The third-order valence-corrected chi connectivity index (χ3v) is 12.7. The summed E-state index contributed by atoms with van der Waals surface area (Å²) in [5.74, 6) is -0.432. The molecule has 2 aliphatic heterocycles. The second kappa shape index (κ2) is 19.4. The number of aliphatic hydroxyl groups is 1. The molecule has 0 saturated carbocycles. The molecule has 0 amide bonds. The number of unbranched alkanes of at least 4 members (excludes halogenated alkanes) is 14. The molecule has 1 spiro atoms. The van der Waals surface area contributed by atoms with Gasteiger partial charge in [-0.25, -0.2) is 9.59 Å². The monoisotopic (exact) mass is 801 g/mol. The molecule has 5 atom stereocenters. The smallest absolute Gasteiger partial charge is 0.477 e. The topological polar surface area (TPSA) is 121 Å². The highest BCUT2D eigenvalue weighted by molar-refractivity contribution is 5.82. The summed E-state index contributed by atoms with van der Waals surface area (Å²) in [5, 5.41) is 12.7. The van der Waals surface area contributed by atoms with E-state index in [1.807, 2.05) is 19.2 Å². The van der Waals surface area contributed by atoms with Crippen molar-refractivity contribution in [3.63, 3.8) is 0 Å². The van der Waals surface area contributed by atoms with Gasteiger partial charge in [-0.3, -0.25) is 4.79 Å². The van der Waals surface area contributed by atoms with Crippen LogP contribution >= 0.6 is 0 Å². The molecule has 4 aliphatic rings. The Morgan fingerprint density at radius 3 is 2.10 bits per heavy atom. The van der Waals surface area contributed by atoms with E-state index in [-0.39, 0.29) is 30.4 Å². The Balaban J connectivity index is 1.07. The molecule has 6 rings (SSSR count). The van der Waals surface area contributed by atoms with E-state index in [4.69, 9.17) is 23.7 Å². The number of ether oxygens (including phenoxy) is 5. The van der Waals surface area contributed by atoms with Crippen LogP contribution in [0.5, 0.6) is 11.5 Å². The van der Waals surface area contributed by atoms with Gasteiger partial charge in [0.05, 0.1) is 11.0 Å². The van der Waals surface area contributed by atoms with Crippen LogP contribution in [0.4, 0.5) is 4.79 Å². The lowest BCUT2D eigenvalue weighted by atomic mass is 9.50. The lowest BCUT2D eigenvalue weighted by molar-refractivity contribution is -0.176. The van der Waals surface area contributed by atoms with Crippen molar-refractivity contribution in [3.05, 3.63) is 71.0 Å². The minimum atomic E-state index is -1.29. The van der Waals surface area contributed by atoms with E-state index < -0.39 is 46.9 Å². The first kappa shape index (κ1) is 43.7. The van der Waals surface area contributed by atoms with Crippen LogP contribution in [0.25, 0.3) is 0 Å². The molecule has 318 valence electrons. The highest BCUT2D eigenvalue weighted by Crippen LogP contribution is 2.65. The lowest BCUT2D eigenvalue weighted by Crippen LogP contribution is -2.74. The number of nitrogens with zero attached hydrogens (tertiary/aromatic N) is 1. The van der Waals surface area contributed by atoms with Gasteiger partial charge < -0.3 is 33.7 Å². The summed E-state index contributed by atoms with van der Waals surface area (Å²) in [4.78, 5) is 42.5. The van der Waals surface area contributed by atoms with Gasteiger partial charge in [-0.2, -0.15) is 0 Å². The summed E-state index contributed by atoms with van der Waals surface area (Å²) in [5.41, 5.74) is -0.722. The maximum Gasteiger partial charge on any atom is 0.514 e. The summed E-state index contributed by atoms with van der Waals surface area (Å²) in [6.07, 6.45) is 18.7. The van der Waals surface area contributed by atoms with Crippen molar-refractivity contribution in [1.29, 1.82) is 0 Å². The quantitative estimate of drug-likeness (QED) is 0.0565. The number of carbonyl (C=O) groups excluding carboxylic acids is 3. The molecular weight excluding hydrogens is 735 g/mol. The van der Waals surface area contributed by atoms with E-state index >= 15 is 0 Å². The van der Waals surface area contributed by atoms with Gasteiger partial charge in [0.1, 0.15) is 11.4 Å². The predicted molar refractivity (Wildman–Crippen MR) is 223 cm³/mol. The van der Waals surface area contributed by atoms with Crippen LogP contribution in [0.3, 0.4) is 0 Å². The maximum absolute atomic E-state index is 14.2. The SMILES string of the molecule is CCCCCCCCCCCCCCCCCC(=O)O[C@H](C(=O)OC1=CC[C@@]2(O)[C@H]3Cc4ccc(OC(=O)OC(C)(C)C)c5c4[C@@]2(CCN3C)[C@H]1O5)c1ccccc1. The maximum atomic E-state index is 14.2. The number of piperidine rings is 1. The Labute approximate surface area is 346 Å². The summed E-state index contributed by atoms with van der Waals surface area (Å²) in [7, 11) is 2.02. The highest BCUT2D eigenvalue weighted by Gasteiger charge is 2.72. The average Bonchev–Trinajstić information content (AvgIpc) is 3.54. The van der Waals surface area contributed by atoms with Gasteiger partial charge >= 0.3 is 18.1 Å². The summed E-state index contributed by atoms with van der Waals surface area (Å²) < 4.78 is 30.0. The fourth-order valence-corrected chi connectivity index (χ4v) is 9.75. The van der Waals surface area contributed by atoms with Crippen LogP contribution in [0.1, 0.15) is 166 Å². The molecule has 2 heterocycles. The molecular formula is C48H67NO9. The van der Waals surface area contributed by atoms with Crippen molar-refractivity contribution in [2.45, 2.75) is 185 Å². The highest BCUT2D eigenvalue weighted by atomic mass is 16.7. The van der Waals surface area contributed by atoms with E-state index in [9.17, 15) is 19.5 Å². The minimum absolute atomic E-state index is 0.178. The molecule has 2 aliphatic carbocycles. The molecule has 0 aromatic heterocycles. The van der Waals surface area contributed by atoms with Crippen LogP contribution in [-0.2, 0) is 35.6 Å². The Morgan fingerprint density at radius 2 is 1.48 bits per heavy atom. The number of esters is 2. The van der Waals surface area contributed by atoms with Gasteiger partial charge in [-0.1, -0.05) is 133 Å². The lowest BCUT2D eigenvalue weighted by Gasteiger charge is -2.61. The van der Waals surface area contributed by atoms with Crippen molar-refractivity contribution in [2.24, 2.45) is 0 Å². The van der Waals surface area contributed by atoms with Crippen molar-refractivity contribution in [3.8, 4) is 11.5 Å². The zero-order valence-corrected chi connectivity index (χ0v) is 35.7. The molecule has 1 N–H and O–H groups in total. The molecule has 0 radical (unpaired) electrons. The van der Waals surface area contributed by atoms with E-state index in [1.54, 1.807) is 57.2 Å². The number of carbonyl (C=O) groups is 3. The number of rotatable bonds is 21. The molecule has 58 heavy (non-hydrogen) atoms. The Hall–Kier alpha value is -3.89. The number of hydrogen-bond acceptors (Lipinski definition) is 10. The van der Waals surface area contributed by atoms with Gasteiger partial charge in [0.2, 0.25) is 6.10 Å². The van der Waals surface area contributed by atoms with Crippen LogP contribution in [-0.4, -0.2) is 65.0 Å². The van der Waals surface area contributed by atoms with E-state index in [1.165, 1.54) is 70.6 Å². The Kier molecular flexibility index (Phi) is 14.6. The van der Waals surface area contributed by atoms with Crippen LogP contribution in [0, 0.1) is 0 Å². The average molecular weight is 802 g/mol. The number of likely N-dealkylation sites (tertiary alicyclic amines) is 1. The molecule has 1 fully saturated rings.